The molecule has 1 fully saturated rings. The highest BCUT2D eigenvalue weighted by Gasteiger charge is 2.24. The Balaban J connectivity index is 1.60. The van der Waals surface area contributed by atoms with Crippen LogP contribution in [-0.4, -0.2) is 58.1 Å². The summed E-state index contributed by atoms with van der Waals surface area (Å²) in [6, 6.07) is 5.71. The first kappa shape index (κ1) is 23.7. The molecule has 0 bridgehead atoms. The van der Waals surface area contributed by atoms with Crippen LogP contribution in [0.4, 0.5) is 0 Å². The molecule has 1 amide bonds. The third-order valence-electron chi connectivity index (χ3n) is 4.73. The number of hydrogen-bond acceptors (Lipinski definition) is 7. The quantitative estimate of drug-likeness (QED) is 0.547. The summed E-state index contributed by atoms with van der Waals surface area (Å²) in [4.78, 5) is 25.8. The van der Waals surface area contributed by atoms with Crippen LogP contribution in [0, 0.1) is 0 Å². The first-order valence-electron chi connectivity index (χ1n) is 9.59. The van der Waals surface area contributed by atoms with E-state index in [1.807, 2.05) is 16.8 Å². The van der Waals surface area contributed by atoms with Gasteiger partial charge in [0.2, 0.25) is 10.0 Å². The molecular weight excluding hydrogens is 464 g/mol. The Bertz CT molecular complexity index is 1020. The van der Waals surface area contributed by atoms with Gasteiger partial charge in [-0.05, 0) is 53.4 Å². The van der Waals surface area contributed by atoms with Gasteiger partial charge in [0.15, 0.2) is 6.61 Å². The van der Waals surface area contributed by atoms with Crippen molar-refractivity contribution in [3.63, 3.8) is 0 Å². The number of amides is 1. The number of halogens is 1. The topological polar surface area (TPSA) is 102 Å². The van der Waals surface area contributed by atoms with E-state index in [4.69, 9.17) is 21.1 Å². The summed E-state index contributed by atoms with van der Waals surface area (Å²) < 4.78 is 38.2. The lowest BCUT2D eigenvalue weighted by Gasteiger charge is -2.16. The molecule has 1 atom stereocenters. The lowest BCUT2D eigenvalue weighted by Crippen LogP contribution is -2.32. The molecule has 2 heterocycles. The van der Waals surface area contributed by atoms with Crippen LogP contribution in [0.5, 0.6) is 0 Å². The number of carbonyl (C=O) groups excluding carboxylic acids is 2. The van der Waals surface area contributed by atoms with E-state index in [1.165, 1.54) is 28.4 Å². The summed E-state index contributed by atoms with van der Waals surface area (Å²) in [5.74, 6) is -1.19. The van der Waals surface area contributed by atoms with E-state index in [0.29, 0.717) is 13.2 Å². The minimum absolute atomic E-state index is 0.0184. The molecule has 0 aliphatic carbocycles. The van der Waals surface area contributed by atoms with Crippen molar-refractivity contribution in [2.75, 3.05) is 26.8 Å². The van der Waals surface area contributed by atoms with Crippen molar-refractivity contribution in [2.45, 2.75) is 30.4 Å². The molecule has 1 aromatic carbocycles. The van der Waals surface area contributed by atoms with Crippen LogP contribution in [0.3, 0.4) is 0 Å². The standard InChI is InChI=1S/C20H23ClN2O6S2/c1-23(11-14-6-8-30-13-14)19(24)12-29-20(25)15-4-5-17(21)18(9-15)31(26,27)22-10-16-3-2-7-28-16/h4-6,8-9,13,16,22H,2-3,7,10-12H2,1H3. The lowest BCUT2D eigenvalue weighted by atomic mass is 10.2. The van der Waals surface area contributed by atoms with Gasteiger partial charge in [-0.25, -0.2) is 17.9 Å². The van der Waals surface area contributed by atoms with Crippen molar-refractivity contribution in [1.29, 1.82) is 0 Å². The monoisotopic (exact) mass is 486 g/mol. The normalized spacial score (nSPS) is 16.3. The zero-order valence-corrected chi connectivity index (χ0v) is 19.3. The second-order valence-corrected chi connectivity index (χ2v) is 10.0. The maximum atomic E-state index is 12.6. The number of nitrogens with one attached hydrogen (secondary N) is 1. The van der Waals surface area contributed by atoms with Crippen LogP contribution in [0.1, 0.15) is 28.8 Å². The minimum Gasteiger partial charge on any atom is -0.452 e. The molecule has 8 nitrogen and oxygen atoms in total. The average molecular weight is 487 g/mol. The zero-order valence-electron chi connectivity index (χ0n) is 16.9. The predicted octanol–water partition coefficient (Wildman–Crippen LogP) is 2.67. The third-order valence-corrected chi connectivity index (χ3v) is 7.37. The number of benzene rings is 1. The number of hydrogen-bond donors (Lipinski definition) is 1. The Hall–Kier alpha value is -1.98. The summed E-state index contributed by atoms with van der Waals surface area (Å²) in [5, 5.41) is 3.82. The summed E-state index contributed by atoms with van der Waals surface area (Å²) >= 11 is 7.58. The fourth-order valence-electron chi connectivity index (χ4n) is 2.99. The van der Waals surface area contributed by atoms with Crippen LogP contribution in [0.2, 0.25) is 5.02 Å². The number of thiophene rings is 1. The number of rotatable bonds is 9. The van der Waals surface area contributed by atoms with Crippen molar-refractivity contribution < 1.29 is 27.5 Å². The average Bonchev–Trinajstić information content (AvgIpc) is 3.44. The first-order valence-corrected chi connectivity index (χ1v) is 12.4. The molecule has 1 saturated heterocycles. The Morgan fingerprint density at radius 1 is 1.35 bits per heavy atom. The molecule has 168 valence electrons. The van der Waals surface area contributed by atoms with E-state index in [9.17, 15) is 18.0 Å². The fraction of sp³-hybridized carbons (Fsp3) is 0.400. The molecule has 1 aliphatic heterocycles. The summed E-state index contributed by atoms with van der Waals surface area (Å²) in [6.07, 6.45) is 1.48. The molecule has 11 heteroatoms. The molecule has 0 spiro atoms. The molecular formula is C20H23ClN2O6S2. The summed E-state index contributed by atoms with van der Waals surface area (Å²) in [5.41, 5.74) is 0.963. The SMILES string of the molecule is CN(Cc1ccsc1)C(=O)COC(=O)c1ccc(Cl)c(S(=O)(=O)NCC2CCCO2)c1. The molecule has 0 saturated carbocycles. The van der Waals surface area contributed by atoms with Crippen LogP contribution < -0.4 is 4.72 Å². The highest BCUT2D eigenvalue weighted by atomic mass is 35.5. The highest BCUT2D eigenvalue weighted by molar-refractivity contribution is 7.89. The lowest BCUT2D eigenvalue weighted by molar-refractivity contribution is -0.133. The van der Waals surface area contributed by atoms with E-state index in [-0.39, 0.29) is 34.0 Å². The predicted molar refractivity (Wildman–Crippen MR) is 117 cm³/mol. The van der Waals surface area contributed by atoms with E-state index in [0.717, 1.165) is 24.5 Å². The number of likely N-dealkylation sites (N-methyl/N-ethyl adjacent to an activating group) is 1. The van der Waals surface area contributed by atoms with Gasteiger partial charge < -0.3 is 14.4 Å². The summed E-state index contributed by atoms with van der Waals surface area (Å²) in [7, 11) is -2.34. The Morgan fingerprint density at radius 3 is 2.84 bits per heavy atom. The van der Waals surface area contributed by atoms with E-state index < -0.39 is 22.6 Å². The van der Waals surface area contributed by atoms with Crippen LogP contribution in [0.25, 0.3) is 0 Å². The van der Waals surface area contributed by atoms with E-state index in [2.05, 4.69) is 4.72 Å². The van der Waals surface area contributed by atoms with Crippen molar-refractivity contribution in [3.8, 4) is 0 Å². The highest BCUT2D eigenvalue weighted by Crippen LogP contribution is 2.23. The summed E-state index contributed by atoms with van der Waals surface area (Å²) in [6.45, 7) is 0.676. The van der Waals surface area contributed by atoms with Crippen molar-refractivity contribution in [3.05, 3.63) is 51.2 Å². The first-order chi connectivity index (χ1) is 14.8. The van der Waals surface area contributed by atoms with Crippen molar-refractivity contribution >= 4 is 44.8 Å². The van der Waals surface area contributed by atoms with Gasteiger partial charge >= 0.3 is 5.97 Å². The fourth-order valence-corrected chi connectivity index (χ4v) is 5.24. The zero-order chi connectivity index (χ0) is 22.4. The largest absolute Gasteiger partial charge is 0.452 e. The van der Waals surface area contributed by atoms with Crippen molar-refractivity contribution in [1.82, 2.24) is 9.62 Å². The molecule has 2 aromatic rings. The van der Waals surface area contributed by atoms with E-state index >= 15 is 0 Å². The van der Waals surface area contributed by atoms with Gasteiger partial charge in [-0.2, -0.15) is 11.3 Å². The van der Waals surface area contributed by atoms with Crippen molar-refractivity contribution in [2.24, 2.45) is 0 Å². The van der Waals surface area contributed by atoms with Gasteiger partial charge in [0.25, 0.3) is 5.91 Å². The minimum atomic E-state index is -3.95. The van der Waals surface area contributed by atoms with Gasteiger partial charge in [-0.15, -0.1) is 0 Å². The van der Waals surface area contributed by atoms with Crippen LogP contribution >= 0.6 is 22.9 Å². The van der Waals surface area contributed by atoms with Crippen LogP contribution in [-0.2, 0) is 30.8 Å². The molecule has 1 N–H and O–H groups in total. The van der Waals surface area contributed by atoms with Gasteiger partial charge in [0, 0.05) is 26.7 Å². The Morgan fingerprint density at radius 2 is 2.16 bits per heavy atom. The smallest absolute Gasteiger partial charge is 0.338 e. The number of sulfonamides is 1. The van der Waals surface area contributed by atoms with Gasteiger partial charge in [-0.3, -0.25) is 4.79 Å². The molecule has 31 heavy (non-hydrogen) atoms. The van der Waals surface area contributed by atoms with E-state index in [1.54, 1.807) is 7.05 Å². The molecule has 1 unspecified atom stereocenters. The molecule has 1 aliphatic rings. The Labute approximate surface area is 190 Å². The number of carbonyl (C=O) groups is 2. The van der Waals surface area contributed by atoms with Gasteiger partial charge in [-0.1, -0.05) is 11.6 Å². The van der Waals surface area contributed by atoms with Crippen LogP contribution in [0.15, 0.2) is 39.9 Å². The number of esters is 1. The Kier molecular flexibility index (Phi) is 8.06. The maximum Gasteiger partial charge on any atom is 0.338 e. The second-order valence-electron chi connectivity index (χ2n) is 7.09. The third kappa shape index (κ3) is 6.50. The van der Waals surface area contributed by atoms with Gasteiger partial charge in [0.05, 0.1) is 16.7 Å². The molecule has 1 aromatic heterocycles. The molecule has 3 rings (SSSR count). The second kappa shape index (κ2) is 10.6. The van der Waals surface area contributed by atoms with Gasteiger partial charge in [0.1, 0.15) is 4.90 Å². The maximum absolute atomic E-state index is 12.6. The number of ether oxygens (including phenoxy) is 2. The number of nitrogens with zero attached hydrogens (tertiary/aromatic N) is 1. The molecule has 0 radical (unpaired) electrons.